The van der Waals surface area contributed by atoms with Gasteiger partial charge in [0.2, 0.25) is 0 Å². The summed E-state index contributed by atoms with van der Waals surface area (Å²) in [6.45, 7) is 4.56. The number of hydrogen-bond acceptors (Lipinski definition) is 3. The molecule has 0 N–H and O–H groups in total. The molecular weight excluding hydrogens is 698 g/mol. The Bertz CT molecular complexity index is 2820. The molecule has 0 fully saturated rings. The molecule has 0 spiro atoms. The van der Waals surface area contributed by atoms with Crippen molar-refractivity contribution in [2.24, 2.45) is 0 Å². The van der Waals surface area contributed by atoms with Crippen LogP contribution in [0.1, 0.15) is 22.3 Å². The molecular formula is C48H33N3Se. The minimum atomic E-state index is 0.207. The van der Waals surface area contributed by atoms with Crippen LogP contribution in [0.5, 0.6) is 0 Å². The summed E-state index contributed by atoms with van der Waals surface area (Å²) < 4.78 is 2.83. The van der Waals surface area contributed by atoms with E-state index in [4.69, 9.17) is 5.10 Å². The molecule has 0 atom stereocenters. The van der Waals surface area contributed by atoms with E-state index in [-0.39, 0.29) is 14.5 Å². The number of benzene rings is 7. The van der Waals surface area contributed by atoms with E-state index in [9.17, 15) is 0 Å². The van der Waals surface area contributed by atoms with Gasteiger partial charge in [-0.2, -0.15) is 0 Å². The second-order valence-corrected chi connectivity index (χ2v) is 15.9. The van der Waals surface area contributed by atoms with Crippen LogP contribution in [0.3, 0.4) is 0 Å². The first-order valence-electron chi connectivity index (χ1n) is 17.7. The zero-order valence-electron chi connectivity index (χ0n) is 28.9. The van der Waals surface area contributed by atoms with Gasteiger partial charge in [0.1, 0.15) is 0 Å². The molecule has 2 aromatic heterocycles. The fourth-order valence-corrected chi connectivity index (χ4v) is 10.7. The Morgan fingerprint density at radius 2 is 1.19 bits per heavy atom. The molecule has 1 aliphatic carbocycles. The van der Waals surface area contributed by atoms with Crippen molar-refractivity contribution >= 4 is 33.8 Å². The predicted molar refractivity (Wildman–Crippen MR) is 217 cm³/mol. The van der Waals surface area contributed by atoms with Crippen molar-refractivity contribution < 1.29 is 0 Å². The number of fused-ring (bicyclic) bond motifs is 6. The summed E-state index contributed by atoms with van der Waals surface area (Å²) in [6, 6.07) is 53.4. The topological polar surface area (TPSA) is 38.7 Å². The van der Waals surface area contributed by atoms with E-state index in [0.717, 1.165) is 23.2 Å². The minimum absolute atomic E-state index is 0.207. The average molecular weight is 731 g/mol. The summed E-state index contributed by atoms with van der Waals surface area (Å²) in [5, 5.41) is 15.9. The summed E-state index contributed by atoms with van der Waals surface area (Å²) in [6.07, 6.45) is 2.66. The molecule has 0 amide bonds. The SMILES string of the molecule is Cc1cc2c(c(-c3c(-c4ccccc4)ccc(-c4c(-c5ccccc5)ccc5[se]c6ccccc6c45)c3-c3ccnnn3)c1C)Cc1ccccc1-2. The predicted octanol–water partition coefficient (Wildman–Crippen LogP) is 11.8. The van der Waals surface area contributed by atoms with Crippen LogP contribution in [0.4, 0.5) is 0 Å². The Balaban J connectivity index is 1.42. The van der Waals surface area contributed by atoms with E-state index in [1.807, 2.05) is 6.07 Å². The zero-order chi connectivity index (χ0) is 34.8. The molecule has 0 saturated heterocycles. The first-order chi connectivity index (χ1) is 25.7. The van der Waals surface area contributed by atoms with Gasteiger partial charge in [0.25, 0.3) is 0 Å². The standard InChI is InChI=1S/C48H33N3Se/c1-29-27-39-34-18-10-9-17-33(34)28-40(39)44(30(29)2)48-36(32-15-7-4-8-16-32)21-22-38(46(48)41-25-26-49-51-50-41)45-35(31-13-5-3-6-14-31)23-24-43-47(45)37-19-11-12-20-42(37)52-43/h3-27H,28H2,1-2H3. The van der Waals surface area contributed by atoms with Crippen molar-refractivity contribution in [3.63, 3.8) is 0 Å². The summed E-state index contributed by atoms with van der Waals surface area (Å²) in [4.78, 5) is 0. The Morgan fingerprint density at radius 3 is 1.96 bits per heavy atom. The Hall–Kier alpha value is -5.93. The Morgan fingerprint density at radius 1 is 0.519 bits per heavy atom. The molecule has 0 bridgehead atoms. The van der Waals surface area contributed by atoms with E-state index < -0.39 is 0 Å². The van der Waals surface area contributed by atoms with Gasteiger partial charge >= 0.3 is 310 Å². The Kier molecular flexibility index (Phi) is 7.35. The van der Waals surface area contributed by atoms with E-state index in [0.29, 0.717) is 0 Å². The summed E-state index contributed by atoms with van der Waals surface area (Å²) in [7, 11) is 0. The first kappa shape index (κ1) is 30.9. The van der Waals surface area contributed by atoms with Gasteiger partial charge in [-0.3, -0.25) is 0 Å². The van der Waals surface area contributed by atoms with Crippen molar-refractivity contribution in [3.8, 4) is 66.9 Å². The van der Waals surface area contributed by atoms with Crippen LogP contribution in [0, 0.1) is 13.8 Å². The van der Waals surface area contributed by atoms with Crippen LogP contribution in [-0.2, 0) is 6.42 Å². The van der Waals surface area contributed by atoms with E-state index in [2.05, 4.69) is 164 Å². The van der Waals surface area contributed by atoms with E-state index in [1.165, 1.54) is 91.6 Å². The second-order valence-electron chi connectivity index (χ2n) is 13.7. The van der Waals surface area contributed by atoms with Crippen LogP contribution >= 0.6 is 0 Å². The maximum atomic E-state index is 4.82. The van der Waals surface area contributed by atoms with Gasteiger partial charge in [0.05, 0.1) is 0 Å². The number of nitrogens with zero attached hydrogens (tertiary/aromatic N) is 3. The van der Waals surface area contributed by atoms with Gasteiger partial charge in [0.15, 0.2) is 0 Å². The molecule has 0 unspecified atom stereocenters. The zero-order valence-corrected chi connectivity index (χ0v) is 30.6. The third kappa shape index (κ3) is 4.83. The fraction of sp³-hybridized carbons (Fsp3) is 0.0625. The number of aryl methyl sites for hydroxylation is 1. The quantitative estimate of drug-likeness (QED) is 0.166. The van der Waals surface area contributed by atoms with Crippen LogP contribution in [-0.4, -0.2) is 29.9 Å². The van der Waals surface area contributed by atoms with Crippen LogP contribution < -0.4 is 0 Å². The normalized spacial score (nSPS) is 12.0. The third-order valence-electron chi connectivity index (χ3n) is 10.8. The average Bonchev–Trinajstić information content (AvgIpc) is 3.77. The third-order valence-corrected chi connectivity index (χ3v) is 13.2. The molecule has 246 valence electrons. The molecule has 3 nitrogen and oxygen atoms in total. The van der Waals surface area contributed by atoms with Gasteiger partial charge < -0.3 is 0 Å². The van der Waals surface area contributed by atoms with Crippen molar-refractivity contribution in [3.05, 3.63) is 174 Å². The van der Waals surface area contributed by atoms with Crippen LogP contribution in [0.2, 0.25) is 0 Å². The molecule has 2 heterocycles. The monoisotopic (exact) mass is 731 g/mol. The summed E-state index contributed by atoms with van der Waals surface area (Å²) in [5.74, 6) is 0. The van der Waals surface area contributed by atoms with Gasteiger partial charge in [-0.1, -0.05) is 0 Å². The maximum absolute atomic E-state index is 4.82. The molecule has 4 heteroatoms. The molecule has 9 aromatic rings. The number of aromatic nitrogens is 3. The fourth-order valence-electron chi connectivity index (χ4n) is 8.38. The van der Waals surface area contributed by atoms with Crippen molar-refractivity contribution in [2.45, 2.75) is 20.3 Å². The van der Waals surface area contributed by atoms with Gasteiger partial charge in [-0.05, 0) is 0 Å². The molecule has 7 aromatic carbocycles. The molecule has 1 aliphatic rings. The Labute approximate surface area is 309 Å². The molecule has 0 radical (unpaired) electrons. The first-order valence-corrected chi connectivity index (χ1v) is 19.5. The van der Waals surface area contributed by atoms with Gasteiger partial charge in [-0.25, -0.2) is 0 Å². The van der Waals surface area contributed by atoms with Crippen molar-refractivity contribution in [1.29, 1.82) is 0 Å². The molecule has 52 heavy (non-hydrogen) atoms. The van der Waals surface area contributed by atoms with Crippen molar-refractivity contribution in [1.82, 2.24) is 15.4 Å². The van der Waals surface area contributed by atoms with Gasteiger partial charge in [0, 0.05) is 0 Å². The summed E-state index contributed by atoms with van der Waals surface area (Å²) in [5.41, 5.74) is 19.5. The van der Waals surface area contributed by atoms with Crippen molar-refractivity contribution in [2.75, 3.05) is 0 Å². The second kappa shape index (κ2) is 12.4. The van der Waals surface area contributed by atoms with E-state index in [1.54, 1.807) is 6.20 Å². The summed E-state index contributed by atoms with van der Waals surface area (Å²) >= 11 is 0.207. The van der Waals surface area contributed by atoms with Crippen LogP contribution in [0.25, 0.3) is 86.2 Å². The van der Waals surface area contributed by atoms with Crippen LogP contribution in [0.15, 0.2) is 152 Å². The van der Waals surface area contributed by atoms with E-state index >= 15 is 0 Å². The number of hydrogen-bond donors (Lipinski definition) is 0. The number of rotatable bonds is 5. The van der Waals surface area contributed by atoms with Gasteiger partial charge in [-0.15, -0.1) is 0 Å². The molecule has 10 rings (SSSR count). The molecule has 0 saturated carbocycles. The molecule has 0 aliphatic heterocycles.